The summed E-state index contributed by atoms with van der Waals surface area (Å²) >= 11 is 3.28. The van der Waals surface area contributed by atoms with Crippen LogP contribution < -0.4 is 0 Å². The Balaban J connectivity index is 2.82. The van der Waals surface area contributed by atoms with Crippen LogP contribution in [-0.4, -0.2) is 14.1 Å². The maximum atomic E-state index is 11.4. The first-order valence-corrected chi connectivity index (χ1v) is 5.85. The monoisotopic (exact) mass is 259 g/mol. The normalized spacial score (nSPS) is 18.2. The first-order chi connectivity index (χ1) is 6.00. The molecule has 0 saturated heterocycles. The molecule has 1 aromatic rings. The molecule has 0 fully saturated rings. The molecule has 1 aliphatic rings. The Labute approximate surface area is 84.7 Å². The Hall–Kier alpha value is -0.680. The summed E-state index contributed by atoms with van der Waals surface area (Å²) in [6.07, 6.45) is 0. The van der Waals surface area contributed by atoms with Crippen LogP contribution in [0.1, 0.15) is 12.5 Å². The van der Waals surface area contributed by atoms with Gasteiger partial charge in [0.2, 0.25) is 0 Å². The van der Waals surface area contributed by atoms with E-state index in [0.29, 0.717) is 16.2 Å². The Morgan fingerprint density at radius 2 is 2.08 bits per heavy atom. The van der Waals surface area contributed by atoms with Crippen molar-refractivity contribution in [2.24, 2.45) is 4.40 Å². The molecule has 0 amide bonds. The molecule has 5 heteroatoms. The fraction of sp³-hybridized carbons (Fsp3) is 0.125. The summed E-state index contributed by atoms with van der Waals surface area (Å²) in [6, 6.07) is 5.03. The summed E-state index contributed by atoms with van der Waals surface area (Å²) < 4.78 is 27.2. The van der Waals surface area contributed by atoms with Crippen LogP contribution in [0.4, 0.5) is 0 Å². The highest BCUT2D eigenvalue weighted by molar-refractivity contribution is 9.10. The molecule has 1 heterocycles. The predicted octanol–water partition coefficient (Wildman–Crippen LogP) is 1.96. The van der Waals surface area contributed by atoms with Gasteiger partial charge in [-0.1, -0.05) is 15.9 Å². The zero-order valence-corrected chi connectivity index (χ0v) is 9.18. The van der Waals surface area contributed by atoms with Crippen LogP contribution in [0.25, 0.3) is 0 Å². The minimum Gasteiger partial charge on any atom is -0.199 e. The molecule has 0 radical (unpaired) electrons. The van der Waals surface area contributed by atoms with Crippen molar-refractivity contribution in [2.75, 3.05) is 0 Å². The Bertz CT molecular complexity index is 505. The molecule has 1 aromatic carbocycles. The van der Waals surface area contributed by atoms with Crippen LogP contribution in [0, 0.1) is 0 Å². The van der Waals surface area contributed by atoms with E-state index in [-0.39, 0.29) is 0 Å². The number of hydrogen-bond acceptors (Lipinski definition) is 2. The molecular formula is C8H6BrNO2S. The minimum absolute atomic E-state index is 0.299. The molecule has 0 saturated carbocycles. The Morgan fingerprint density at radius 1 is 1.38 bits per heavy atom. The van der Waals surface area contributed by atoms with Gasteiger partial charge in [0.15, 0.2) is 0 Å². The second-order valence-corrected chi connectivity index (χ2v) is 5.28. The van der Waals surface area contributed by atoms with E-state index in [1.54, 1.807) is 25.1 Å². The molecule has 0 unspecified atom stereocenters. The molecule has 0 N–H and O–H groups in total. The fourth-order valence-corrected chi connectivity index (χ4v) is 2.93. The van der Waals surface area contributed by atoms with E-state index in [4.69, 9.17) is 0 Å². The van der Waals surface area contributed by atoms with Crippen molar-refractivity contribution in [3.05, 3.63) is 28.2 Å². The second-order valence-electron chi connectivity index (χ2n) is 2.79. The maximum Gasteiger partial charge on any atom is 0.283 e. The molecule has 0 aliphatic carbocycles. The van der Waals surface area contributed by atoms with E-state index in [9.17, 15) is 8.42 Å². The number of hydrogen-bond donors (Lipinski definition) is 0. The minimum atomic E-state index is -3.40. The van der Waals surface area contributed by atoms with Gasteiger partial charge in [-0.3, -0.25) is 0 Å². The molecule has 13 heavy (non-hydrogen) atoms. The first-order valence-electron chi connectivity index (χ1n) is 3.62. The Morgan fingerprint density at radius 3 is 2.77 bits per heavy atom. The van der Waals surface area contributed by atoms with E-state index < -0.39 is 10.0 Å². The van der Waals surface area contributed by atoms with Crippen LogP contribution >= 0.6 is 15.9 Å². The molecule has 0 bridgehead atoms. The molecule has 68 valence electrons. The highest BCUT2D eigenvalue weighted by Gasteiger charge is 2.25. The lowest BCUT2D eigenvalue weighted by Crippen LogP contribution is -1.93. The quantitative estimate of drug-likeness (QED) is 0.715. The fourth-order valence-electron chi connectivity index (χ4n) is 1.29. The summed E-state index contributed by atoms with van der Waals surface area (Å²) in [6.45, 7) is 1.69. The summed E-state index contributed by atoms with van der Waals surface area (Å²) in [5.41, 5.74) is 1.24. The van der Waals surface area contributed by atoms with Crippen molar-refractivity contribution in [2.45, 2.75) is 11.8 Å². The lowest BCUT2D eigenvalue weighted by Gasteiger charge is -1.97. The topological polar surface area (TPSA) is 46.5 Å². The van der Waals surface area contributed by atoms with Gasteiger partial charge in [0.1, 0.15) is 0 Å². The van der Waals surface area contributed by atoms with Crippen molar-refractivity contribution >= 4 is 31.7 Å². The van der Waals surface area contributed by atoms with Gasteiger partial charge in [-0.25, -0.2) is 0 Å². The van der Waals surface area contributed by atoms with Crippen molar-refractivity contribution in [1.29, 1.82) is 0 Å². The second kappa shape index (κ2) is 2.65. The highest BCUT2D eigenvalue weighted by Crippen LogP contribution is 2.28. The summed E-state index contributed by atoms with van der Waals surface area (Å²) in [5.74, 6) is 0. The van der Waals surface area contributed by atoms with Gasteiger partial charge < -0.3 is 0 Å². The summed E-state index contributed by atoms with van der Waals surface area (Å²) in [7, 11) is -3.40. The van der Waals surface area contributed by atoms with Gasteiger partial charge in [-0.15, -0.1) is 0 Å². The van der Waals surface area contributed by atoms with Crippen LogP contribution in [-0.2, 0) is 10.0 Å². The molecular weight excluding hydrogens is 254 g/mol. The van der Waals surface area contributed by atoms with E-state index in [1.807, 2.05) is 0 Å². The zero-order valence-electron chi connectivity index (χ0n) is 6.78. The van der Waals surface area contributed by atoms with Gasteiger partial charge in [0.25, 0.3) is 10.0 Å². The van der Waals surface area contributed by atoms with E-state index in [1.165, 1.54) is 0 Å². The van der Waals surface area contributed by atoms with Gasteiger partial charge >= 0.3 is 0 Å². The van der Waals surface area contributed by atoms with E-state index >= 15 is 0 Å². The van der Waals surface area contributed by atoms with Crippen LogP contribution in [0.5, 0.6) is 0 Å². The number of rotatable bonds is 0. The predicted molar refractivity (Wildman–Crippen MR) is 53.5 cm³/mol. The maximum absolute atomic E-state index is 11.4. The standard InChI is InChI=1S/C8H6BrNO2S/c1-5-7-4-6(9)2-3-8(7)13(11,12)10-5/h2-4H,1H3. The Kier molecular flexibility index (Phi) is 1.82. The largest absolute Gasteiger partial charge is 0.283 e. The van der Waals surface area contributed by atoms with Gasteiger partial charge in [0.05, 0.1) is 10.6 Å². The molecule has 3 nitrogen and oxygen atoms in total. The summed E-state index contributed by atoms with van der Waals surface area (Å²) in [4.78, 5) is 0.299. The lowest BCUT2D eigenvalue weighted by atomic mass is 10.1. The number of benzene rings is 1. The van der Waals surface area contributed by atoms with Gasteiger partial charge in [-0.2, -0.15) is 12.8 Å². The van der Waals surface area contributed by atoms with Crippen LogP contribution in [0.15, 0.2) is 32.0 Å². The van der Waals surface area contributed by atoms with E-state index in [0.717, 1.165) is 4.47 Å². The average molecular weight is 260 g/mol. The molecule has 0 spiro atoms. The van der Waals surface area contributed by atoms with Gasteiger partial charge in [0, 0.05) is 10.0 Å². The number of halogens is 1. The third kappa shape index (κ3) is 1.32. The molecule has 2 rings (SSSR count). The SMILES string of the molecule is CC1=NS(=O)(=O)c2ccc(Br)cc21. The average Bonchev–Trinajstić information content (AvgIpc) is 2.22. The summed E-state index contributed by atoms with van der Waals surface area (Å²) in [5, 5.41) is 0. The molecule has 0 aromatic heterocycles. The smallest absolute Gasteiger partial charge is 0.199 e. The van der Waals surface area contributed by atoms with Crippen molar-refractivity contribution in [3.63, 3.8) is 0 Å². The van der Waals surface area contributed by atoms with E-state index in [2.05, 4.69) is 20.3 Å². The number of nitrogens with zero attached hydrogens (tertiary/aromatic N) is 1. The zero-order chi connectivity index (χ0) is 9.64. The third-order valence-electron chi connectivity index (χ3n) is 1.87. The van der Waals surface area contributed by atoms with Crippen molar-refractivity contribution in [3.8, 4) is 0 Å². The van der Waals surface area contributed by atoms with Gasteiger partial charge in [-0.05, 0) is 25.1 Å². The third-order valence-corrected chi connectivity index (χ3v) is 3.79. The van der Waals surface area contributed by atoms with Crippen molar-refractivity contribution in [1.82, 2.24) is 0 Å². The first kappa shape index (κ1) is 8.90. The lowest BCUT2D eigenvalue weighted by molar-refractivity contribution is 0.599. The molecule has 1 aliphatic heterocycles. The van der Waals surface area contributed by atoms with Crippen LogP contribution in [0.2, 0.25) is 0 Å². The highest BCUT2D eigenvalue weighted by atomic mass is 79.9. The number of fused-ring (bicyclic) bond motifs is 1. The van der Waals surface area contributed by atoms with Crippen LogP contribution in [0.3, 0.4) is 0 Å². The number of sulfonamides is 1. The molecule has 0 atom stereocenters. The van der Waals surface area contributed by atoms with Crippen molar-refractivity contribution < 1.29 is 8.42 Å².